The SMILES string of the molecule is N[C@@H]1CC(c2ccc(Cl)c(Br)c2)Oc2cc(Br)ccc21. The lowest BCUT2D eigenvalue weighted by atomic mass is 9.94. The molecule has 2 N–H and O–H groups in total. The van der Waals surface area contributed by atoms with Gasteiger partial charge in [-0.1, -0.05) is 39.7 Å². The highest BCUT2D eigenvalue weighted by Gasteiger charge is 2.27. The summed E-state index contributed by atoms with van der Waals surface area (Å²) in [6, 6.07) is 11.8. The van der Waals surface area contributed by atoms with E-state index in [-0.39, 0.29) is 12.1 Å². The molecule has 0 saturated carbocycles. The Morgan fingerprint density at radius 1 is 1.15 bits per heavy atom. The summed E-state index contributed by atoms with van der Waals surface area (Å²) in [5.74, 6) is 0.842. The van der Waals surface area contributed by atoms with Crippen molar-refractivity contribution < 1.29 is 4.74 Å². The van der Waals surface area contributed by atoms with Gasteiger partial charge in [0.25, 0.3) is 0 Å². The number of rotatable bonds is 1. The summed E-state index contributed by atoms with van der Waals surface area (Å²) in [5.41, 5.74) is 8.38. The molecule has 3 rings (SSSR count). The molecule has 1 unspecified atom stereocenters. The Balaban J connectivity index is 1.96. The molecule has 104 valence electrons. The van der Waals surface area contributed by atoms with E-state index in [4.69, 9.17) is 22.1 Å². The van der Waals surface area contributed by atoms with Crippen molar-refractivity contribution in [3.8, 4) is 5.75 Å². The van der Waals surface area contributed by atoms with Gasteiger partial charge < -0.3 is 10.5 Å². The second-order valence-electron chi connectivity index (χ2n) is 4.80. The van der Waals surface area contributed by atoms with Crippen LogP contribution in [-0.2, 0) is 0 Å². The van der Waals surface area contributed by atoms with Gasteiger partial charge in [-0.25, -0.2) is 0 Å². The minimum absolute atomic E-state index is 0.0219. The van der Waals surface area contributed by atoms with Gasteiger partial charge in [0.2, 0.25) is 0 Å². The zero-order valence-electron chi connectivity index (χ0n) is 10.4. The van der Waals surface area contributed by atoms with Crippen molar-refractivity contribution in [3.63, 3.8) is 0 Å². The lowest BCUT2D eigenvalue weighted by molar-refractivity contribution is 0.161. The summed E-state index contributed by atoms with van der Waals surface area (Å²) in [5, 5.41) is 0.692. The predicted octanol–water partition coefficient (Wildman–Crippen LogP) is 5.39. The fraction of sp³-hybridized carbons (Fsp3) is 0.200. The fourth-order valence-electron chi connectivity index (χ4n) is 2.39. The third-order valence-electron chi connectivity index (χ3n) is 3.43. The van der Waals surface area contributed by atoms with Crippen LogP contribution in [0.2, 0.25) is 5.02 Å². The monoisotopic (exact) mass is 415 g/mol. The van der Waals surface area contributed by atoms with Crippen LogP contribution in [0.3, 0.4) is 0 Å². The maximum Gasteiger partial charge on any atom is 0.126 e. The number of benzene rings is 2. The average molecular weight is 418 g/mol. The largest absolute Gasteiger partial charge is 0.485 e. The molecule has 0 radical (unpaired) electrons. The van der Waals surface area contributed by atoms with E-state index < -0.39 is 0 Å². The Hall–Kier alpha value is -0.550. The van der Waals surface area contributed by atoms with Gasteiger partial charge in [0.1, 0.15) is 11.9 Å². The molecule has 2 nitrogen and oxygen atoms in total. The molecule has 2 atom stereocenters. The summed E-state index contributed by atoms with van der Waals surface area (Å²) in [4.78, 5) is 0. The van der Waals surface area contributed by atoms with Crippen molar-refractivity contribution in [1.29, 1.82) is 0 Å². The number of fused-ring (bicyclic) bond motifs is 1. The summed E-state index contributed by atoms with van der Waals surface area (Å²) in [7, 11) is 0. The van der Waals surface area contributed by atoms with E-state index in [1.165, 1.54) is 0 Å². The van der Waals surface area contributed by atoms with Gasteiger partial charge >= 0.3 is 0 Å². The Morgan fingerprint density at radius 2 is 1.95 bits per heavy atom. The van der Waals surface area contributed by atoms with Gasteiger partial charge in [0.05, 0.1) is 5.02 Å². The maximum atomic E-state index is 6.26. The maximum absolute atomic E-state index is 6.26. The lowest BCUT2D eigenvalue weighted by Gasteiger charge is -2.30. The Morgan fingerprint density at radius 3 is 2.70 bits per heavy atom. The minimum Gasteiger partial charge on any atom is -0.485 e. The highest BCUT2D eigenvalue weighted by atomic mass is 79.9. The standard InChI is InChI=1S/C15H12Br2ClNO/c16-9-2-3-10-13(19)7-14(20-15(10)6-9)8-1-4-12(18)11(17)5-8/h1-6,13-14H,7,19H2/t13-,14?/m1/s1. The molecular weight excluding hydrogens is 405 g/mol. The summed E-state index contributed by atoms with van der Waals surface area (Å²) < 4.78 is 7.95. The van der Waals surface area contributed by atoms with Crippen LogP contribution in [0, 0.1) is 0 Å². The molecule has 5 heteroatoms. The number of hydrogen-bond acceptors (Lipinski definition) is 2. The van der Waals surface area contributed by atoms with Gasteiger partial charge in [-0.05, 0) is 45.8 Å². The van der Waals surface area contributed by atoms with Crippen molar-refractivity contribution in [2.24, 2.45) is 5.73 Å². The molecule has 0 bridgehead atoms. The van der Waals surface area contributed by atoms with Crippen LogP contribution in [0.25, 0.3) is 0 Å². The topological polar surface area (TPSA) is 35.2 Å². The zero-order valence-corrected chi connectivity index (χ0v) is 14.4. The summed E-state index contributed by atoms with van der Waals surface area (Å²) in [6.45, 7) is 0. The zero-order chi connectivity index (χ0) is 14.3. The van der Waals surface area contributed by atoms with E-state index in [1.807, 2.05) is 36.4 Å². The van der Waals surface area contributed by atoms with Gasteiger partial charge in [-0.2, -0.15) is 0 Å². The molecule has 1 aliphatic heterocycles. The second kappa shape index (κ2) is 5.68. The average Bonchev–Trinajstić information content (AvgIpc) is 2.41. The summed E-state index contributed by atoms with van der Waals surface area (Å²) >= 11 is 12.9. The Kier molecular flexibility index (Phi) is 4.09. The van der Waals surface area contributed by atoms with E-state index >= 15 is 0 Å². The van der Waals surface area contributed by atoms with Crippen LogP contribution >= 0.6 is 43.5 Å². The van der Waals surface area contributed by atoms with Crippen molar-refractivity contribution >= 4 is 43.5 Å². The van der Waals surface area contributed by atoms with E-state index in [1.54, 1.807) is 0 Å². The number of ether oxygens (including phenoxy) is 1. The lowest BCUT2D eigenvalue weighted by Crippen LogP contribution is -2.24. The molecule has 1 aliphatic rings. The van der Waals surface area contributed by atoms with Gasteiger partial charge in [0, 0.05) is 27.0 Å². The second-order valence-corrected chi connectivity index (χ2v) is 6.98. The van der Waals surface area contributed by atoms with Gasteiger partial charge in [-0.15, -0.1) is 0 Å². The molecule has 20 heavy (non-hydrogen) atoms. The number of hydrogen-bond donors (Lipinski definition) is 1. The summed E-state index contributed by atoms with van der Waals surface area (Å²) in [6.07, 6.45) is 0.697. The Bertz CT molecular complexity index is 662. The minimum atomic E-state index is -0.0552. The number of nitrogens with two attached hydrogens (primary N) is 1. The first-order chi connectivity index (χ1) is 9.54. The molecule has 0 amide bonds. The number of halogens is 3. The van der Waals surface area contributed by atoms with Crippen molar-refractivity contribution in [1.82, 2.24) is 0 Å². The van der Waals surface area contributed by atoms with Crippen LogP contribution in [0.15, 0.2) is 45.3 Å². The highest BCUT2D eigenvalue weighted by Crippen LogP contribution is 2.41. The highest BCUT2D eigenvalue weighted by molar-refractivity contribution is 9.10. The third kappa shape index (κ3) is 2.75. The molecule has 0 fully saturated rings. The van der Waals surface area contributed by atoms with E-state index in [0.717, 1.165) is 32.2 Å². The molecule has 2 aromatic rings. The molecule has 0 saturated heterocycles. The van der Waals surface area contributed by atoms with E-state index in [0.29, 0.717) is 5.02 Å². The van der Waals surface area contributed by atoms with Crippen molar-refractivity contribution in [3.05, 3.63) is 61.5 Å². The molecule has 1 heterocycles. The van der Waals surface area contributed by atoms with Crippen LogP contribution in [0.5, 0.6) is 5.75 Å². The molecule has 0 aromatic heterocycles. The smallest absolute Gasteiger partial charge is 0.126 e. The van der Waals surface area contributed by atoms with Crippen molar-refractivity contribution in [2.75, 3.05) is 0 Å². The molecule has 0 aliphatic carbocycles. The molecule has 0 spiro atoms. The van der Waals surface area contributed by atoms with Crippen LogP contribution in [0.1, 0.15) is 29.7 Å². The quantitative estimate of drug-likeness (QED) is 0.675. The van der Waals surface area contributed by atoms with Gasteiger partial charge in [-0.3, -0.25) is 0 Å². The Labute approximate surface area is 139 Å². The van der Waals surface area contributed by atoms with Crippen LogP contribution in [0.4, 0.5) is 0 Å². The molecular formula is C15H12Br2ClNO. The first-order valence-electron chi connectivity index (χ1n) is 6.21. The normalized spacial score (nSPS) is 21.2. The van der Waals surface area contributed by atoms with Gasteiger partial charge in [0.15, 0.2) is 0 Å². The first kappa shape index (κ1) is 14.4. The third-order valence-corrected chi connectivity index (χ3v) is 5.13. The fourth-order valence-corrected chi connectivity index (χ4v) is 3.25. The molecule has 2 aromatic carbocycles. The predicted molar refractivity (Wildman–Crippen MR) is 88.2 cm³/mol. The van der Waals surface area contributed by atoms with Crippen molar-refractivity contribution in [2.45, 2.75) is 18.6 Å². The van der Waals surface area contributed by atoms with E-state index in [2.05, 4.69) is 31.9 Å². The first-order valence-corrected chi connectivity index (χ1v) is 8.17. The van der Waals surface area contributed by atoms with Crippen LogP contribution in [-0.4, -0.2) is 0 Å². The van der Waals surface area contributed by atoms with E-state index in [9.17, 15) is 0 Å². The van der Waals surface area contributed by atoms with Crippen LogP contribution < -0.4 is 10.5 Å².